The number of rotatable bonds is 2. The van der Waals surface area contributed by atoms with E-state index in [4.69, 9.17) is 0 Å². The number of nitrogens with zero attached hydrogens (tertiary/aromatic N) is 2. The van der Waals surface area contributed by atoms with Crippen LogP contribution in [0.25, 0.3) is 0 Å². The molecule has 0 saturated heterocycles. The Kier molecular flexibility index (Phi) is 5.50. The van der Waals surface area contributed by atoms with Gasteiger partial charge in [-0.2, -0.15) is 0 Å². The van der Waals surface area contributed by atoms with Gasteiger partial charge in [-0.3, -0.25) is 0 Å². The Labute approximate surface area is 69.6 Å². The number of hydrogen-bond donors (Lipinski definition) is 0. The van der Waals surface area contributed by atoms with Crippen LogP contribution in [0.3, 0.4) is 0 Å². The molecule has 0 bridgehead atoms. The molecule has 0 aromatic carbocycles. The maximum Gasteiger partial charge on any atom is 0.452 e. The molecule has 0 atom stereocenters. The second-order valence-electron chi connectivity index (χ2n) is 1.78. The van der Waals surface area contributed by atoms with Crippen molar-refractivity contribution in [2.75, 3.05) is 13.7 Å². The van der Waals surface area contributed by atoms with E-state index in [1.54, 1.807) is 0 Å². The highest BCUT2D eigenvalue weighted by Crippen LogP contribution is 1.89. The minimum atomic E-state index is -0.927. The Hall–Kier alpha value is -1.46. The van der Waals surface area contributed by atoms with Gasteiger partial charge in [0, 0.05) is 0 Å². The maximum absolute atomic E-state index is 10.5. The topological polar surface area (TPSA) is 77.3 Å². The zero-order chi connectivity index (χ0) is 9.40. The van der Waals surface area contributed by atoms with E-state index >= 15 is 0 Å². The highest BCUT2D eigenvalue weighted by atomic mass is 16.6. The minimum Gasteiger partial charge on any atom is -0.450 e. The third-order valence-corrected chi connectivity index (χ3v) is 0.818. The van der Waals surface area contributed by atoms with Crippen molar-refractivity contribution in [2.45, 2.75) is 13.3 Å². The summed E-state index contributed by atoms with van der Waals surface area (Å²) in [4.78, 5) is 20.8. The summed E-state index contributed by atoms with van der Waals surface area (Å²) in [7, 11) is 1.14. The van der Waals surface area contributed by atoms with E-state index in [0.29, 0.717) is 6.42 Å². The van der Waals surface area contributed by atoms with Crippen LogP contribution in [-0.2, 0) is 9.47 Å². The number of carbonyl (C=O) groups excluding carboxylic acids is 2. The van der Waals surface area contributed by atoms with Gasteiger partial charge in [-0.05, 0) is 6.42 Å². The van der Waals surface area contributed by atoms with Crippen molar-refractivity contribution < 1.29 is 19.1 Å². The first-order valence-corrected chi connectivity index (χ1v) is 3.37. The van der Waals surface area contributed by atoms with Crippen LogP contribution in [0.4, 0.5) is 9.59 Å². The van der Waals surface area contributed by atoms with Gasteiger partial charge in [0.1, 0.15) is 0 Å². The molecule has 0 fully saturated rings. The van der Waals surface area contributed by atoms with Crippen LogP contribution in [0, 0.1) is 0 Å². The molecule has 0 rings (SSSR count). The van der Waals surface area contributed by atoms with E-state index in [-0.39, 0.29) is 6.61 Å². The van der Waals surface area contributed by atoms with E-state index in [9.17, 15) is 9.59 Å². The molecule has 68 valence electrons. The van der Waals surface area contributed by atoms with Crippen molar-refractivity contribution in [3.8, 4) is 0 Å². The Balaban J connectivity index is 3.67. The first-order chi connectivity index (χ1) is 5.70. The summed E-state index contributed by atoms with van der Waals surface area (Å²) in [5.41, 5.74) is 0. The molecule has 0 spiro atoms. The molecule has 0 aliphatic heterocycles. The predicted molar refractivity (Wildman–Crippen MR) is 38.9 cm³/mol. The number of ether oxygens (including phenoxy) is 2. The number of azo groups is 1. The van der Waals surface area contributed by atoms with Crippen molar-refractivity contribution in [1.29, 1.82) is 0 Å². The van der Waals surface area contributed by atoms with Gasteiger partial charge in [0.05, 0.1) is 13.7 Å². The zero-order valence-electron chi connectivity index (χ0n) is 6.94. The fourth-order valence-corrected chi connectivity index (χ4v) is 0.341. The number of hydrogen-bond acceptors (Lipinski definition) is 4. The molecule has 6 heteroatoms. The van der Waals surface area contributed by atoms with Crippen LogP contribution in [0.5, 0.6) is 0 Å². The Morgan fingerprint density at radius 1 is 1.25 bits per heavy atom. The molecule has 0 N–H and O–H groups in total. The molecule has 0 heterocycles. The normalized spacial score (nSPS) is 9.83. The second kappa shape index (κ2) is 6.26. The maximum atomic E-state index is 10.5. The molecular weight excluding hydrogens is 164 g/mol. The van der Waals surface area contributed by atoms with Crippen molar-refractivity contribution in [1.82, 2.24) is 0 Å². The lowest BCUT2D eigenvalue weighted by Gasteiger charge is -1.94. The van der Waals surface area contributed by atoms with Crippen molar-refractivity contribution in [3.63, 3.8) is 0 Å². The van der Waals surface area contributed by atoms with Crippen LogP contribution < -0.4 is 0 Å². The first kappa shape index (κ1) is 10.5. The molecule has 0 saturated carbocycles. The van der Waals surface area contributed by atoms with Gasteiger partial charge < -0.3 is 9.47 Å². The van der Waals surface area contributed by atoms with E-state index in [2.05, 4.69) is 19.7 Å². The lowest BCUT2D eigenvalue weighted by Crippen LogP contribution is -2.00. The second-order valence-corrected chi connectivity index (χ2v) is 1.78. The van der Waals surface area contributed by atoms with E-state index in [1.165, 1.54) is 0 Å². The van der Waals surface area contributed by atoms with E-state index in [1.807, 2.05) is 6.92 Å². The van der Waals surface area contributed by atoms with Crippen LogP contribution in [-0.4, -0.2) is 25.9 Å². The molecule has 0 aromatic heterocycles. The predicted octanol–water partition coefficient (Wildman–Crippen LogP) is 1.75. The quantitative estimate of drug-likeness (QED) is 0.597. The average molecular weight is 174 g/mol. The summed E-state index contributed by atoms with van der Waals surface area (Å²) in [6, 6.07) is 0. The van der Waals surface area contributed by atoms with Gasteiger partial charge >= 0.3 is 12.2 Å². The fraction of sp³-hybridized carbons (Fsp3) is 0.667. The van der Waals surface area contributed by atoms with E-state index in [0.717, 1.165) is 7.11 Å². The fourth-order valence-electron chi connectivity index (χ4n) is 0.341. The minimum absolute atomic E-state index is 0.263. The highest BCUT2D eigenvalue weighted by Gasteiger charge is 2.00. The third-order valence-electron chi connectivity index (χ3n) is 0.818. The highest BCUT2D eigenvalue weighted by molar-refractivity contribution is 5.72. The van der Waals surface area contributed by atoms with Crippen molar-refractivity contribution in [2.24, 2.45) is 10.2 Å². The van der Waals surface area contributed by atoms with Gasteiger partial charge in [-0.15, -0.1) is 0 Å². The molecule has 2 amide bonds. The largest absolute Gasteiger partial charge is 0.452 e. The average Bonchev–Trinajstić information content (AvgIpc) is 2.10. The molecule has 0 radical (unpaired) electrons. The SMILES string of the molecule is CCCOC(=O)/N=N/C(=O)OC. The van der Waals surface area contributed by atoms with Gasteiger partial charge in [-0.25, -0.2) is 9.59 Å². The van der Waals surface area contributed by atoms with Crippen molar-refractivity contribution in [3.05, 3.63) is 0 Å². The van der Waals surface area contributed by atoms with Crippen LogP contribution in [0.1, 0.15) is 13.3 Å². The van der Waals surface area contributed by atoms with Gasteiger partial charge in [0.2, 0.25) is 0 Å². The summed E-state index contributed by atoms with van der Waals surface area (Å²) in [6.07, 6.45) is -1.12. The summed E-state index contributed by atoms with van der Waals surface area (Å²) in [5.74, 6) is 0. The molecule has 0 unspecified atom stereocenters. The number of methoxy groups -OCH3 is 1. The smallest absolute Gasteiger partial charge is 0.450 e. The summed E-state index contributed by atoms with van der Waals surface area (Å²) < 4.78 is 8.58. The van der Waals surface area contributed by atoms with E-state index < -0.39 is 12.2 Å². The molecule has 6 nitrogen and oxygen atoms in total. The van der Waals surface area contributed by atoms with Gasteiger partial charge in [0.25, 0.3) is 0 Å². The summed E-state index contributed by atoms with van der Waals surface area (Å²) in [6.45, 7) is 2.10. The van der Waals surface area contributed by atoms with Crippen molar-refractivity contribution >= 4 is 12.2 Å². The van der Waals surface area contributed by atoms with Crippen LogP contribution in [0.2, 0.25) is 0 Å². The molecule has 0 aliphatic carbocycles. The van der Waals surface area contributed by atoms with Gasteiger partial charge in [-0.1, -0.05) is 17.2 Å². The standard InChI is InChI=1S/C6H10N2O4/c1-3-4-12-6(10)8-7-5(9)11-2/h3-4H2,1-2H3/b8-7+. The molecule has 12 heavy (non-hydrogen) atoms. The molecule has 0 aromatic rings. The molecular formula is C6H10N2O4. The molecule has 0 aliphatic rings. The summed E-state index contributed by atoms with van der Waals surface area (Å²) in [5, 5.41) is 5.81. The Morgan fingerprint density at radius 3 is 2.33 bits per heavy atom. The van der Waals surface area contributed by atoms with Crippen LogP contribution >= 0.6 is 0 Å². The van der Waals surface area contributed by atoms with Crippen LogP contribution in [0.15, 0.2) is 10.2 Å². The Morgan fingerprint density at radius 2 is 1.83 bits per heavy atom. The number of carbonyl (C=O) groups is 2. The third kappa shape index (κ3) is 5.33. The lowest BCUT2D eigenvalue weighted by molar-refractivity contribution is 0.152. The first-order valence-electron chi connectivity index (χ1n) is 3.37. The van der Waals surface area contributed by atoms with Gasteiger partial charge in [0.15, 0.2) is 0 Å². The number of amides is 2. The monoisotopic (exact) mass is 174 g/mol. The lowest BCUT2D eigenvalue weighted by atomic mass is 10.5. The Bertz CT molecular complexity index is 190. The summed E-state index contributed by atoms with van der Waals surface area (Å²) >= 11 is 0. The zero-order valence-corrected chi connectivity index (χ0v) is 6.94.